The van der Waals surface area contributed by atoms with Gasteiger partial charge in [0.15, 0.2) is 0 Å². The summed E-state index contributed by atoms with van der Waals surface area (Å²) in [6, 6.07) is 8.99. The molecule has 1 amide bonds. The van der Waals surface area contributed by atoms with Gasteiger partial charge in [0.1, 0.15) is 18.8 Å². The summed E-state index contributed by atoms with van der Waals surface area (Å²) in [5.74, 6) is -0.825. The van der Waals surface area contributed by atoms with E-state index in [0.29, 0.717) is 13.0 Å². The van der Waals surface area contributed by atoms with Gasteiger partial charge in [-0.2, -0.15) is 0 Å². The van der Waals surface area contributed by atoms with Gasteiger partial charge in [0.25, 0.3) is 0 Å². The first kappa shape index (κ1) is 16.8. The zero-order chi connectivity index (χ0) is 18.5. The highest BCUT2D eigenvalue weighted by Gasteiger charge is 2.64. The van der Waals surface area contributed by atoms with Crippen LogP contribution in [-0.2, 0) is 30.5 Å². The summed E-state index contributed by atoms with van der Waals surface area (Å²) in [6.45, 7) is 0.770. The second-order valence-electron chi connectivity index (χ2n) is 8.21. The molecule has 4 fully saturated rings. The van der Waals surface area contributed by atoms with E-state index in [1.807, 2.05) is 30.3 Å². The largest absolute Gasteiger partial charge is 0.462 e. The van der Waals surface area contributed by atoms with E-state index < -0.39 is 6.04 Å². The summed E-state index contributed by atoms with van der Waals surface area (Å²) in [4.78, 5) is 39.8. The van der Waals surface area contributed by atoms with Gasteiger partial charge in [-0.3, -0.25) is 9.59 Å². The molecule has 142 valence electrons. The number of hydrogen-bond donors (Lipinski definition) is 0. The SMILES string of the molecule is O=C1O[C@@H]2C[C@H]3C[C@@H]2[C@@H]1C3C(=O)N1CCC[C@H]1C(=O)OCc1ccccc1. The number of benzene rings is 1. The molecule has 0 spiro atoms. The van der Waals surface area contributed by atoms with Crippen molar-refractivity contribution in [3.63, 3.8) is 0 Å². The maximum absolute atomic E-state index is 13.3. The molecule has 1 aromatic rings. The monoisotopic (exact) mass is 369 g/mol. The Hall–Kier alpha value is -2.37. The molecule has 1 unspecified atom stereocenters. The van der Waals surface area contributed by atoms with Crippen molar-refractivity contribution in [3.05, 3.63) is 35.9 Å². The van der Waals surface area contributed by atoms with Crippen LogP contribution in [0.4, 0.5) is 0 Å². The topological polar surface area (TPSA) is 72.9 Å². The zero-order valence-corrected chi connectivity index (χ0v) is 15.1. The van der Waals surface area contributed by atoms with Crippen LogP contribution in [-0.4, -0.2) is 41.4 Å². The quantitative estimate of drug-likeness (QED) is 0.758. The Labute approximate surface area is 157 Å². The molecule has 0 radical (unpaired) electrons. The van der Waals surface area contributed by atoms with E-state index in [0.717, 1.165) is 24.8 Å². The Bertz CT molecular complexity index is 776. The van der Waals surface area contributed by atoms with Crippen LogP contribution in [0.5, 0.6) is 0 Å². The second kappa shape index (κ2) is 6.36. The highest BCUT2D eigenvalue weighted by molar-refractivity contribution is 5.91. The average molecular weight is 369 g/mol. The smallest absolute Gasteiger partial charge is 0.329 e. The summed E-state index contributed by atoms with van der Waals surface area (Å²) < 4.78 is 10.9. The minimum atomic E-state index is -0.534. The zero-order valence-electron chi connectivity index (χ0n) is 15.1. The molecule has 2 saturated carbocycles. The van der Waals surface area contributed by atoms with Crippen LogP contribution in [0.25, 0.3) is 0 Å². The normalized spacial score (nSPS) is 36.1. The van der Waals surface area contributed by atoms with Gasteiger partial charge >= 0.3 is 11.9 Å². The fourth-order valence-corrected chi connectivity index (χ4v) is 5.63. The minimum absolute atomic E-state index is 0.0155. The standard InChI is InChI=1S/C21H23NO5/c23-19(17-13-9-14-16(10-13)27-21(25)18(14)17)22-8-4-7-15(22)20(24)26-11-12-5-2-1-3-6-12/h1-3,5-6,13-18H,4,7-11H2/t13-,14+,15+,16-,17?,18-/m1/s1. The molecule has 4 aliphatic rings. The van der Waals surface area contributed by atoms with Crippen molar-refractivity contribution in [2.24, 2.45) is 23.7 Å². The lowest BCUT2D eigenvalue weighted by atomic mass is 9.79. The molecule has 6 nitrogen and oxygen atoms in total. The van der Waals surface area contributed by atoms with Gasteiger partial charge in [0, 0.05) is 12.5 Å². The molecule has 2 saturated heterocycles. The number of carbonyl (C=O) groups excluding carboxylic acids is 3. The number of ether oxygens (including phenoxy) is 2. The molecule has 6 atom stereocenters. The van der Waals surface area contributed by atoms with Crippen LogP contribution >= 0.6 is 0 Å². The van der Waals surface area contributed by atoms with Crippen LogP contribution in [0.3, 0.4) is 0 Å². The Kier molecular flexibility index (Phi) is 3.95. The van der Waals surface area contributed by atoms with Crippen LogP contribution < -0.4 is 0 Å². The summed E-state index contributed by atoms with van der Waals surface area (Å²) in [5.41, 5.74) is 0.926. The van der Waals surface area contributed by atoms with E-state index in [9.17, 15) is 14.4 Å². The molecule has 2 aliphatic carbocycles. The van der Waals surface area contributed by atoms with Crippen molar-refractivity contribution in [1.29, 1.82) is 0 Å². The van der Waals surface area contributed by atoms with Gasteiger partial charge in [-0.15, -0.1) is 0 Å². The third kappa shape index (κ3) is 2.65. The van der Waals surface area contributed by atoms with Crippen LogP contribution in [0.15, 0.2) is 30.3 Å². The predicted molar refractivity (Wildman–Crippen MR) is 94.0 cm³/mol. The minimum Gasteiger partial charge on any atom is -0.462 e. The van der Waals surface area contributed by atoms with Crippen molar-refractivity contribution in [3.8, 4) is 0 Å². The summed E-state index contributed by atoms with van der Waals surface area (Å²) in [6.07, 6.45) is 3.11. The number of amides is 1. The molecule has 2 aliphatic heterocycles. The van der Waals surface area contributed by atoms with E-state index in [1.165, 1.54) is 0 Å². The molecular formula is C21H23NO5. The van der Waals surface area contributed by atoms with E-state index in [4.69, 9.17) is 9.47 Å². The third-order valence-corrected chi connectivity index (χ3v) is 6.80. The first-order valence-electron chi connectivity index (χ1n) is 9.85. The number of likely N-dealkylation sites (tertiary alicyclic amines) is 1. The number of nitrogens with zero attached hydrogens (tertiary/aromatic N) is 1. The highest BCUT2D eigenvalue weighted by Crippen LogP contribution is 2.58. The fourth-order valence-electron chi connectivity index (χ4n) is 5.63. The molecule has 27 heavy (non-hydrogen) atoms. The fraction of sp³-hybridized carbons (Fsp3) is 0.571. The van der Waals surface area contributed by atoms with Gasteiger partial charge in [-0.25, -0.2) is 4.79 Å². The summed E-state index contributed by atoms with van der Waals surface area (Å²) >= 11 is 0. The number of rotatable bonds is 4. The molecule has 0 aromatic heterocycles. The van der Waals surface area contributed by atoms with Gasteiger partial charge in [-0.1, -0.05) is 30.3 Å². The van der Waals surface area contributed by atoms with Crippen LogP contribution in [0, 0.1) is 23.7 Å². The van der Waals surface area contributed by atoms with Crippen molar-refractivity contribution in [2.45, 2.75) is 44.4 Å². The lowest BCUT2D eigenvalue weighted by molar-refractivity contribution is -0.157. The lowest BCUT2D eigenvalue weighted by Crippen LogP contribution is -2.47. The van der Waals surface area contributed by atoms with Crippen molar-refractivity contribution in [1.82, 2.24) is 4.90 Å². The number of hydrogen-bond acceptors (Lipinski definition) is 5. The van der Waals surface area contributed by atoms with Crippen molar-refractivity contribution in [2.75, 3.05) is 6.54 Å². The van der Waals surface area contributed by atoms with E-state index in [1.54, 1.807) is 4.90 Å². The van der Waals surface area contributed by atoms with Crippen molar-refractivity contribution < 1.29 is 23.9 Å². The number of fused-ring (bicyclic) bond motifs is 1. The molecule has 6 heteroatoms. The molecule has 1 aromatic carbocycles. The van der Waals surface area contributed by atoms with Gasteiger partial charge in [-0.05, 0) is 37.2 Å². The number of carbonyl (C=O) groups is 3. The van der Waals surface area contributed by atoms with Crippen molar-refractivity contribution >= 4 is 17.8 Å². The van der Waals surface area contributed by atoms with Gasteiger partial charge in [0.2, 0.25) is 5.91 Å². The molecule has 2 bridgehead atoms. The van der Waals surface area contributed by atoms with Gasteiger partial charge in [0.05, 0.1) is 11.8 Å². The first-order valence-corrected chi connectivity index (χ1v) is 9.85. The molecular weight excluding hydrogens is 346 g/mol. The lowest BCUT2D eigenvalue weighted by Gasteiger charge is -2.31. The second-order valence-corrected chi connectivity index (χ2v) is 8.21. The summed E-state index contributed by atoms with van der Waals surface area (Å²) in [5, 5.41) is 0. The van der Waals surface area contributed by atoms with E-state index >= 15 is 0 Å². The Morgan fingerprint density at radius 1 is 1.19 bits per heavy atom. The maximum atomic E-state index is 13.3. The Morgan fingerprint density at radius 3 is 2.81 bits per heavy atom. The van der Waals surface area contributed by atoms with Crippen LogP contribution in [0.2, 0.25) is 0 Å². The molecule has 0 N–H and O–H groups in total. The Morgan fingerprint density at radius 2 is 2.00 bits per heavy atom. The van der Waals surface area contributed by atoms with E-state index in [-0.39, 0.29) is 54.2 Å². The third-order valence-electron chi connectivity index (χ3n) is 6.80. The van der Waals surface area contributed by atoms with Crippen LogP contribution in [0.1, 0.15) is 31.2 Å². The van der Waals surface area contributed by atoms with Gasteiger partial charge < -0.3 is 14.4 Å². The maximum Gasteiger partial charge on any atom is 0.329 e. The Balaban J connectivity index is 1.28. The molecule has 2 heterocycles. The predicted octanol–water partition coefficient (Wildman–Crippen LogP) is 1.92. The average Bonchev–Trinajstić information content (AvgIpc) is 3.42. The summed E-state index contributed by atoms with van der Waals surface area (Å²) in [7, 11) is 0. The highest BCUT2D eigenvalue weighted by atomic mass is 16.6. The molecule has 5 rings (SSSR count). The first-order chi connectivity index (χ1) is 13.1. The number of esters is 2. The van der Waals surface area contributed by atoms with E-state index in [2.05, 4.69) is 0 Å².